The second kappa shape index (κ2) is 7.43. The van der Waals surface area contributed by atoms with Crippen molar-refractivity contribution in [3.8, 4) is 0 Å². The van der Waals surface area contributed by atoms with Gasteiger partial charge in [-0.2, -0.15) is 0 Å². The van der Waals surface area contributed by atoms with Gasteiger partial charge in [-0.05, 0) is 56.6 Å². The zero-order valence-electron chi connectivity index (χ0n) is 14.4. The summed E-state index contributed by atoms with van der Waals surface area (Å²) in [6.45, 7) is 4.64. The quantitative estimate of drug-likeness (QED) is 0.859. The summed E-state index contributed by atoms with van der Waals surface area (Å²) in [7, 11) is 1.94. The largest absolute Gasteiger partial charge is 0.339 e. The average Bonchev–Trinajstić information content (AvgIpc) is 2.62. The van der Waals surface area contributed by atoms with Crippen molar-refractivity contribution < 1.29 is 4.79 Å². The van der Waals surface area contributed by atoms with Crippen LogP contribution in [0.1, 0.15) is 55.8 Å². The van der Waals surface area contributed by atoms with Crippen molar-refractivity contribution in [3.63, 3.8) is 0 Å². The Morgan fingerprint density at radius 2 is 1.87 bits per heavy atom. The number of pyridine rings is 1. The third-order valence-electron chi connectivity index (χ3n) is 5.78. The van der Waals surface area contributed by atoms with Crippen LogP contribution in [0.3, 0.4) is 0 Å². The molecule has 1 saturated carbocycles. The standard InChI is InChI=1S/C19H29N3O/c1-15-5-7-18(8-6-15)22-12-9-17(10-13-22)21(2)19(23)16-4-3-11-20-14-16/h3-4,11,14-15,17-18H,5-10,12-13H2,1-2H3. The van der Waals surface area contributed by atoms with Crippen molar-refractivity contribution in [2.24, 2.45) is 5.92 Å². The number of hydrogen-bond acceptors (Lipinski definition) is 3. The summed E-state index contributed by atoms with van der Waals surface area (Å²) in [6.07, 6.45) is 11.0. The van der Waals surface area contributed by atoms with Crippen LogP contribution in [-0.2, 0) is 0 Å². The lowest BCUT2D eigenvalue weighted by Gasteiger charge is -2.42. The minimum absolute atomic E-state index is 0.100. The highest BCUT2D eigenvalue weighted by Crippen LogP contribution is 2.29. The highest BCUT2D eigenvalue weighted by Gasteiger charge is 2.30. The van der Waals surface area contributed by atoms with E-state index in [4.69, 9.17) is 0 Å². The van der Waals surface area contributed by atoms with Crippen molar-refractivity contribution in [1.82, 2.24) is 14.8 Å². The molecule has 0 radical (unpaired) electrons. The van der Waals surface area contributed by atoms with E-state index in [1.807, 2.05) is 24.1 Å². The van der Waals surface area contributed by atoms with E-state index in [9.17, 15) is 4.79 Å². The number of carbonyl (C=O) groups is 1. The molecule has 126 valence electrons. The van der Waals surface area contributed by atoms with Gasteiger partial charge in [0.25, 0.3) is 5.91 Å². The Balaban J connectivity index is 1.51. The van der Waals surface area contributed by atoms with Gasteiger partial charge in [0.1, 0.15) is 0 Å². The molecular weight excluding hydrogens is 286 g/mol. The lowest BCUT2D eigenvalue weighted by Crippen LogP contribution is -2.49. The summed E-state index contributed by atoms with van der Waals surface area (Å²) in [5, 5.41) is 0. The molecule has 0 spiro atoms. The molecule has 1 amide bonds. The molecule has 4 heteroatoms. The van der Waals surface area contributed by atoms with E-state index in [1.54, 1.807) is 12.4 Å². The molecule has 3 rings (SSSR count). The third-order valence-corrected chi connectivity index (χ3v) is 5.78. The molecule has 0 aromatic carbocycles. The molecule has 23 heavy (non-hydrogen) atoms. The van der Waals surface area contributed by atoms with E-state index in [-0.39, 0.29) is 5.91 Å². The highest BCUT2D eigenvalue weighted by molar-refractivity contribution is 5.93. The zero-order valence-corrected chi connectivity index (χ0v) is 14.4. The van der Waals surface area contributed by atoms with E-state index in [1.165, 1.54) is 25.7 Å². The van der Waals surface area contributed by atoms with Crippen molar-refractivity contribution >= 4 is 5.91 Å². The van der Waals surface area contributed by atoms with E-state index in [2.05, 4.69) is 16.8 Å². The Hall–Kier alpha value is -1.42. The van der Waals surface area contributed by atoms with Gasteiger partial charge in [0, 0.05) is 44.6 Å². The highest BCUT2D eigenvalue weighted by atomic mass is 16.2. The van der Waals surface area contributed by atoms with Gasteiger partial charge < -0.3 is 9.80 Å². The molecule has 4 nitrogen and oxygen atoms in total. The van der Waals surface area contributed by atoms with Crippen molar-refractivity contribution in [2.45, 2.75) is 57.5 Å². The average molecular weight is 315 g/mol. The van der Waals surface area contributed by atoms with E-state index < -0.39 is 0 Å². The Morgan fingerprint density at radius 3 is 2.48 bits per heavy atom. The summed E-state index contributed by atoms with van der Waals surface area (Å²) >= 11 is 0. The summed E-state index contributed by atoms with van der Waals surface area (Å²) in [4.78, 5) is 21.2. The first-order valence-corrected chi connectivity index (χ1v) is 9.06. The third kappa shape index (κ3) is 3.92. The summed E-state index contributed by atoms with van der Waals surface area (Å²) in [5.74, 6) is 1.01. The molecule has 1 aliphatic carbocycles. The maximum absolute atomic E-state index is 12.5. The molecule has 1 aromatic heterocycles. The monoisotopic (exact) mass is 315 g/mol. The van der Waals surface area contributed by atoms with Crippen LogP contribution in [0.4, 0.5) is 0 Å². The SMILES string of the molecule is CC1CCC(N2CCC(N(C)C(=O)c3cccnc3)CC2)CC1. The predicted octanol–water partition coefficient (Wildman–Crippen LogP) is 3.20. The molecule has 2 heterocycles. The first kappa shape index (κ1) is 16.4. The van der Waals surface area contributed by atoms with Crippen LogP contribution in [0.15, 0.2) is 24.5 Å². The minimum atomic E-state index is 0.100. The number of piperidine rings is 1. The molecule has 0 unspecified atom stereocenters. The van der Waals surface area contributed by atoms with Gasteiger partial charge >= 0.3 is 0 Å². The first-order chi connectivity index (χ1) is 11.1. The number of hydrogen-bond donors (Lipinski definition) is 0. The van der Waals surface area contributed by atoms with Gasteiger partial charge in [0.15, 0.2) is 0 Å². The van der Waals surface area contributed by atoms with Crippen molar-refractivity contribution in [2.75, 3.05) is 20.1 Å². The van der Waals surface area contributed by atoms with Gasteiger partial charge in [-0.25, -0.2) is 0 Å². The van der Waals surface area contributed by atoms with Crippen LogP contribution in [0.5, 0.6) is 0 Å². The van der Waals surface area contributed by atoms with Crippen molar-refractivity contribution in [1.29, 1.82) is 0 Å². The smallest absolute Gasteiger partial charge is 0.255 e. The lowest BCUT2D eigenvalue weighted by molar-refractivity contribution is 0.0539. The fourth-order valence-corrected chi connectivity index (χ4v) is 4.10. The molecule has 0 atom stereocenters. The normalized spacial score (nSPS) is 26.9. The fraction of sp³-hybridized carbons (Fsp3) is 0.684. The Bertz CT molecular complexity index is 503. The molecule has 2 aliphatic rings. The van der Waals surface area contributed by atoms with Gasteiger partial charge in [0.2, 0.25) is 0 Å². The Labute approximate surface area is 139 Å². The molecule has 1 aliphatic heterocycles. The van der Waals surface area contributed by atoms with Crippen LogP contribution in [0, 0.1) is 5.92 Å². The minimum Gasteiger partial charge on any atom is -0.339 e. The van der Waals surface area contributed by atoms with Crippen LogP contribution >= 0.6 is 0 Å². The second-order valence-electron chi connectivity index (χ2n) is 7.34. The number of amides is 1. The maximum Gasteiger partial charge on any atom is 0.255 e. The van der Waals surface area contributed by atoms with Gasteiger partial charge in [-0.1, -0.05) is 6.92 Å². The van der Waals surface area contributed by atoms with Crippen LogP contribution < -0.4 is 0 Å². The van der Waals surface area contributed by atoms with E-state index in [0.717, 1.165) is 37.9 Å². The van der Waals surface area contributed by atoms with Crippen LogP contribution in [0.25, 0.3) is 0 Å². The van der Waals surface area contributed by atoms with Gasteiger partial charge in [-0.3, -0.25) is 9.78 Å². The maximum atomic E-state index is 12.5. The zero-order chi connectivity index (χ0) is 16.2. The topological polar surface area (TPSA) is 36.4 Å². The number of aromatic nitrogens is 1. The Kier molecular flexibility index (Phi) is 5.31. The van der Waals surface area contributed by atoms with E-state index >= 15 is 0 Å². The molecule has 0 bridgehead atoms. The number of likely N-dealkylation sites (tertiary alicyclic amines) is 1. The summed E-state index contributed by atoms with van der Waals surface area (Å²) in [6, 6.07) is 4.82. The lowest BCUT2D eigenvalue weighted by atomic mass is 9.85. The molecule has 1 aromatic rings. The Morgan fingerprint density at radius 1 is 1.17 bits per heavy atom. The van der Waals surface area contributed by atoms with Gasteiger partial charge in [0.05, 0.1) is 5.56 Å². The fourth-order valence-electron chi connectivity index (χ4n) is 4.10. The number of nitrogens with zero attached hydrogens (tertiary/aromatic N) is 3. The van der Waals surface area contributed by atoms with E-state index in [0.29, 0.717) is 11.6 Å². The summed E-state index contributed by atoms with van der Waals surface area (Å²) in [5.41, 5.74) is 0.693. The molecule has 2 fully saturated rings. The number of carbonyl (C=O) groups excluding carboxylic acids is 1. The first-order valence-electron chi connectivity index (χ1n) is 9.06. The molecule has 0 N–H and O–H groups in total. The predicted molar refractivity (Wildman–Crippen MR) is 92.3 cm³/mol. The van der Waals surface area contributed by atoms with Crippen molar-refractivity contribution in [3.05, 3.63) is 30.1 Å². The molecule has 1 saturated heterocycles. The summed E-state index contributed by atoms with van der Waals surface area (Å²) < 4.78 is 0. The number of rotatable bonds is 3. The van der Waals surface area contributed by atoms with Gasteiger partial charge in [-0.15, -0.1) is 0 Å². The van der Waals surface area contributed by atoms with Crippen LogP contribution in [0.2, 0.25) is 0 Å². The van der Waals surface area contributed by atoms with Crippen LogP contribution in [-0.4, -0.2) is 52.9 Å². The second-order valence-corrected chi connectivity index (χ2v) is 7.34. The molecular formula is C19H29N3O.